The molecule has 2 heterocycles. The summed E-state index contributed by atoms with van der Waals surface area (Å²) in [5.74, 6) is 1.15. The topological polar surface area (TPSA) is 56.7 Å². The molecule has 68 valence electrons. The lowest BCUT2D eigenvalue weighted by atomic mass is 10.4. The Morgan fingerprint density at radius 1 is 1.62 bits per heavy atom. The van der Waals surface area contributed by atoms with Gasteiger partial charge < -0.3 is 9.09 Å². The molecule has 0 aliphatic rings. The molecule has 0 atom stereocenters. The molecule has 0 spiro atoms. The van der Waals surface area contributed by atoms with Gasteiger partial charge in [-0.2, -0.15) is 4.98 Å². The normalized spacial score (nSPS) is 10.6. The Labute approximate surface area is 79.3 Å². The first-order valence-corrected chi connectivity index (χ1v) is 4.20. The summed E-state index contributed by atoms with van der Waals surface area (Å²) in [6, 6.07) is 0. The minimum atomic E-state index is 0.227. The van der Waals surface area contributed by atoms with E-state index >= 15 is 0 Å². The predicted octanol–water partition coefficient (Wildman–Crippen LogP) is 1.21. The van der Waals surface area contributed by atoms with Gasteiger partial charge in [0, 0.05) is 7.05 Å². The van der Waals surface area contributed by atoms with Crippen molar-refractivity contribution >= 4 is 11.6 Å². The van der Waals surface area contributed by atoms with Gasteiger partial charge in [0.1, 0.15) is 11.6 Å². The summed E-state index contributed by atoms with van der Waals surface area (Å²) in [6.45, 7) is 0. The maximum absolute atomic E-state index is 5.52. The van der Waals surface area contributed by atoms with Crippen molar-refractivity contribution in [2.45, 2.75) is 5.88 Å². The first kappa shape index (κ1) is 8.25. The molecular formula is C7H7ClN4O. The molecule has 2 rings (SSSR count). The van der Waals surface area contributed by atoms with Gasteiger partial charge in [-0.1, -0.05) is 5.16 Å². The van der Waals surface area contributed by atoms with E-state index in [0.29, 0.717) is 11.7 Å². The van der Waals surface area contributed by atoms with Crippen LogP contribution in [0.1, 0.15) is 5.89 Å². The summed E-state index contributed by atoms with van der Waals surface area (Å²) in [4.78, 5) is 8.00. The van der Waals surface area contributed by atoms with Crippen molar-refractivity contribution < 1.29 is 4.52 Å². The van der Waals surface area contributed by atoms with E-state index in [9.17, 15) is 0 Å². The average Bonchev–Trinajstić information content (AvgIpc) is 2.71. The Hall–Kier alpha value is -1.36. The number of alkyl halides is 1. The molecule has 0 aliphatic carbocycles. The zero-order valence-electron chi connectivity index (χ0n) is 6.94. The minimum Gasteiger partial charge on any atom is -0.338 e. The van der Waals surface area contributed by atoms with Crippen LogP contribution < -0.4 is 0 Å². The maximum atomic E-state index is 5.52. The number of rotatable bonds is 2. The zero-order valence-corrected chi connectivity index (χ0v) is 7.69. The van der Waals surface area contributed by atoms with Gasteiger partial charge in [0.25, 0.3) is 0 Å². The minimum absolute atomic E-state index is 0.227. The molecular weight excluding hydrogens is 192 g/mol. The Morgan fingerprint density at radius 2 is 2.46 bits per heavy atom. The van der Waals surface area contributed by atoms with E-state index in [-0.39, 0.29) is 5.88 Å². The molecule has 0 saturated carbocycles. The number of nitrogens with zero attached hydrogens (tertiary/aromatic N) is 4. The van der Waals surface area contributed by atoms with Gasteiger partial charge in [0.05, 0.1) is 12.5 Å². The monoisotopic (exact) mass is 198 g/mol. The van der Waals surface area contributed by atoms with Crippen molar-refractivity contribution in [3.63, 3.8) is 0 Å². The van der Waals surface area contributed by atoms with E-state index in [2.05, 4.69) is 15.1 Å². The van der Waals surface area contributed by atoms with E-state index in [0.717, 1.165) is 5.69 Å². The highest BCUT2D eigenvalue weighted by Gasteiger charge is 2.10. The number of aromatic nitrogens is 4. The van der Waals surface area contributed by atoms with E-state index in [1.54, 1.807) is 12.5 Å². The quantitative estimate of drug-likeness (QED) is 0.681. The summed E-state index contributed by atoms with van der Waals surface area (Å²) < 4.78 is 6.67. The van der Waals surface area contributed by atoms with Crippen molar-refractivity contribution in [3.05, 3.63) is 18.4 Å². The van der Waals surface area contributed by atoms with Crippen molar-refractivity contribution in [3.8, 4) is 11.5 Å². The van der Waals surface area contributed by atoms with Gasteiger partial charge in [0.2, 0.25) is 11.7 Å². The molecule has 0 aliphatic heterocycles. The first-order chi connectivity index (χ1) is 6.31. The van der Waals surface area contributed by atoms with Crippen molar-refractivity contribution in [1.29, 1.82) is 0 Å². The Balaban J connectivity index is 2.41. The fourth-order valence-corrected chi connectivity index (χ4v) is 1.09. The second-order valence-electron chi connectivity index (χ2n) is 2.54. The smallest absolute Gasteiger partial charge is 0.241 e. The second kappa shape index (κ2) is 3.18. The van der Waals surface area contributed by atoms with Crippen molar-refractivity contribution in [2.24, 2.45) is 7.05 Å². The van der Waals surface area contributed by atoms with E-state index in [4.69, 9.17) is 16.1 Å². The lowest BCUT2D eigenvalue weighted by molar-refractivity contribution is 0.390. The van der Waals surface area contributed by atoms with Crippen LogP contribution in [-0.2, 0) is 12.9 Å². The van der Waals surface area contributed by atoms with Gasteiger partial charge in [-0.25, -0.2) is 4.98 Å². The van der Waals surface area contributed by atoms with Crippen LogP contribution in [0.25, 0.3) is 11.5 Å². The molecule has 0 fully saturated rings. The Bertz CT molecular complexity index is 408. The molecule has 13 heavy (non-hydrogen) atoms. The summed E-state index contributed by atoms with van der Waals surface area (Å²) in [5, 5.41) is 3.76. The summed E-state index contributed by atoms with van der Waals surface area (Å²) in [5.41, 5.74) is 0.806. The number of aryl methyl sites for hydroxylation is 1. The average molecular weight is 199 g/mol. The highest BCUT2D eigenvalue weighted by Crippen LogP contribution is 2.14. The zero-order chi connectivity index (χ0) is 9.26. The van der Waals surface area contributed by atoms with Crippen LogP contribution in [0.4, 0.5) is 0 Å². The fraction of sp³-hybridized carbons (Fsp3) is 0.286. The van der Waals surface area contributed by atoms with Crippen LogP contribution in [0.15, 0.2) is 17.0 Å². The number of imidazole rings is 1. The van der Waals surface area contributed by atoms with Crippen molar-refractivity contribution in [1.82, 2.24) is 19.7 Å². The predicted molar refractivity (Wildman–Crippen MR) is 46.1 cm³/mol. The van der Waals surface area contributed by atoms with E-state index in [1.807, 2.05) is 11.6 Å². The van der Waals surface area contributed by atoms with Gasteiger partial charge in [-0.15, -0.1) is 11.6 Å². The number of hydrogen-bond donors (Lipinski definition) is 0. The van der Waals surface area contributed by atoms with Crippen LogP contribution in [-0.4, -0.2) is 19.7 Å². The third kappa shape index (κ3) is 1.42. The first-order valence-electron chi connectivity index (χ1n) is 3.66. The van der Waals surface area contributed by atoms with Crippen LogP contribution in [0.5, 0.6) is 0 Å². The highest BCUT2D eigenvalue weighted by molar-refractivity contribution is 6.16. The molecule has 2 aromatic heterocycles. The third-order valence-electron chi connectivity index (χ3n) is 1.63. The molecule has 0 unspecified atom stereocenters. The molecule has 6 heteroatoms. The molecule has 5 nitrogen and oxygen atoms in total. The fourth-order valence-electron chi connectivity index (χ4n) is 0.986. The van der Waals surface area contributed by atoms with Crippen LogP contribution in [0.3, 0.4) is 0 Å². The summed E-state index contributed by atoms with van der Waals surface area (Å²) in [6.07, 6.45) is 3.34. The molecule has 2 aromatic rings. The standard InChI is InChI=1S/C7H7ClN4O/c1-12-4-9-3-5(12)7-10-6(2-8)13-11-7/h3-4H,2H2,1H3. The highest BCUT2D eigenvalue weighted by atomic mass is 35.5. The third-order valence-corrected chi connectivity index (χ3v) is 1.86. The Kier molecular flexibility index (Phi) is 2.02. The van der Waals surface area contributed by atoms with Crippen LogP contribution in [0.2, 0.25) is 0 Å². The number of halogens is 1. The van der Waals surface area contributed by atoms with Gasteiger partial charge in [-0.05, 0) is 0 Å². The lowest BCUT2D eigenvalue weighted by Gasteiger charge is -1.92. The van der Waals surface area contributed by atoms with Crippen LogP contribution >= 0.6 is 11.6 Å². The van der Waals surface area contributed by atoms with Gasteiger partial charge in [0.15, 0.2) is 0 Å². The second-order valence-corrected chi connectivity index (χ2v) is 2.80. The SMILES string of the molecule is Cn1cncc1-c1noc(CCl)n1. The molecule has 0 amide bonds. The molecule has 0 radical (unpaired) electrons. The van der Waals surface area contributed by atoms with E-state index in [1.165, 1.54) is 0 Å². The summed E-state index contributed by atoms with van der Waals surface area (Å²) >= 11 is 5.52. The largest absolute Gasteiger partial charge is 0.338 e. The number of hydrogen-bond acceptors (Lipinski definition) is 4. The molecule has 0 aromatic carbocycles. The lowest BCUT2D eigenvalue weighted by Crippen LogP contribution is -1.90. The maximum Gasteiger partial charge on any atom is 0.241 e. The van der Waals surface area contributed by atoms with Gasteiger partial charge in [-0.3, -0.25) is 0 Å². The summed E-state index contributed by atoms with van der Waals surface area (Å²) in [7, 11) is 1.86. The van der Waals surface area contributed by atoms with Gasteiger partial charge >= 0.3 is 0 Å². The molecule has 0 saturated heterocycles. The van der Waals surface area contributed by atoms with Crippen LogP contribution in [0, 0.1) is 0 Å². The molecule has 0 bridgehead atoms. The Morgan fingerprint density at radius 3 is 3.00 bits per heavy atom. The van der Waals surface area contributed by atoms with Crippen molar-refractivity contribution in [2.75, 3.05) is 0 Å². The molecule has 0 N–H and O–H groups in total. The van der Waals surface area contributed by atoms with E-state index < -0.39 is 0 Å².